The standard InChI is InChI=1S/C19H14F6N2O4/c20-18(21,22)13-6-12(7-14(8-13)19(23,24)25)16(29)31-10-15(28)27-17(30)26-9-11-4-2-1-3-5-11/h1-8H,9-10H2,(H2,26,27,28,30). The number of halogens is 6. The smallest absolute Gasteiger partial charge is 0.416 e. The van der Waals surface area contributed by atoms with E-state index in [-0.39, 0.29) is 24.7 Å². The van der Waals surface area contributed by atoms with Gasteiger partial charge in [-0.3, -0.25) is 10.1 Å². The molecule has 31 heavy (non-hydrogen) atoms. The number of carbonyl (C=O) groups excluding carboxylic acids is 3. The molecule has 0 aliphatic rings. The van der Waals surface area contributed by atoms with Crippen molar-refractivity contribution in [2.45, 2.75) is 18.9 Å². The zero-order valence-electron chi connectivity index (χ0n) is 15.4. The van der Waals surface area contributed by atoms with Crippen molar-refractivity contribution >= 4 is 17.9 Å². The molecule has 0 atom stereocenters. The van der Waals surface area contributed by atoms with Crippen molar-refractivity contribution < 1.29 is 45.5 Å². The Morgan fingerprint density at radius 1 is 0.839 bits per heavy atom. The molecule has 0 radical (unpaired) electrons. The molecule has 6 nitrogen and oxygen atoms in total. The van der Waals surface area contributed by atoms with Gasteiger partial charge in [-0.25, -0.2) is 9.59 Å². The lowest BCUT2D eigenvalue weighted by molar-refractivity contribution is -0.143. The van der Waals surface area contributed by atoms with Crippen molar-refractivity contribution in [3.05, 3.63) is 70.8 Å². The van der Waals surface area contributed by atoms with Gasteiger partial charge in [-0.05, 0) is 23.8 Å². The van der Waals surface area contributed by atoms with Crippen LogP contribution >= 0.6 is 0 Å². The molecule has 0 unspecified atom stereocenters. The van der Waals surface area contributed by atoms with Gasteiger partial charge >= 0.3 is 24.4 Å². The molecule has 12 heteroatoms. The molecule has 0 aliphatic carbocycles. The Morgan fingerprint density at radius 2 is 1.39 bits per heavy atom. The van der Waals surface area contributed by atoms with Gasteiger partial charge in [0.2, 0.25) is 0 Å². The first-order chi connectivity index (χ1) is 14.4. The topological polar surface area (TPSA) is 84.5 Å². The van der Waals surface area contributed by atoms with Crippen LogP contribution in [0, 0.1) is 0 Å². The Bertz CT molecular complexity index is 926. The van der Waals surface area contributed by atoms with Crippen molar-refractivity contribution in [2.75, 3.05) is 6.61 Å². The van der Waals surface area contributed by atoms with Crippen LogP contribution in [0.5, 0.6) is 0 Å². The summed E-state index contributed by atoms with van der Waals surface area (Å²) in [6.45, 7) is -1.03. The second kappa shape index (κ2) is 9.49. The number of amides is 3. The lowest BCUT2D eigenvalue weighted by Gasteiger charge is -2.14. The lowest BCUT2D eigenvalue weighted by atomic mass is 10.0. The number of urea groups is 1. The molecular formula is C19H14F6N2O4. The van der Waals surface area contributed by atoms with Crippen molar-refractivity contribution in [3.8, 4) is 0 Å². The number of hydrogen-bond donors (Lipinski definition) is 2. The van der Waals surface area contributed by atoms with E-state index in [4.69, 9.17) is 0 Å². The molecule has 0 heterocycles. The third-order valence-electron chi connectivity index (χ3n) is 3.71. The van der Waals surface area contributed by atoms with Gasteiger partial charge < -0.3 is 10.1 Å². The van der Waals surface area contributed by atoms with E-state index in [1.54, 1.807) is 35.6 Å². The molecule has 0 saturated heterocycles. The number of hydrogen-bond acceptors (Lipinski definition) is 4. The van der Waals surface area contributed by atoms with Crippen LogP contribution in [0.15, 0.2) is 48.5 Å². The SMILES string of the molecule is O=C(COC(=O)c1cc(C(F)(F)F)cc(C(F)(F)F)c1)NC(=O)NCc1ccccc1. The maximum atomic E-state index is 12.8. The Kier molecular flexibility index (Phi) is 7.26. The molecule has 0 spiro atoms. The first kappa shape index (κ1) is 23.7. The van der Waals surface area contributed by atoms with Crippen LogP contribution in [0.2, 0.25) is 0 Å². The molecule has 3 amide bonds. The van der Waals surface area contributed by atoms with Gasteiger partial charge in [-0.2, -0.15) is 26.3 Å². The molecule has 2 N–H and O–H groups in total. The zero-order valence-corrected chi connectivity index (χ0v) is 15.4. The quantitative estimate of drug-likeness (QED) is 0.537. The minimum absolute atomic E-state index is 0.0736. The predicted octanol–water partition coefficient (Wildman–Crippen LogP) is 3.91. The second-order valence-corrected chi connectivity index (χ2v) is 6.09. The monoisotopic (exact) mass is 448 g/mol. The molecule has 2 aromatic carbocycles. The summed E-state index contributed by atoms with van der Waals surface area (Å²) in [5.41, 5.74) is -3.75. The van der Waals surface area contributed by atoms with E-state index < -0.39 is 53.6 Å². The van der Waals surface area contributed by atoms with Gasteiger partial charge in [0, 0.05) is 6.54 Å². The molecule has 0 bridgehead atoms. The highest BCUT2D eigenvalue weighted by atomic mass is 19.4. The number of nitrogens with one attached hydrogen (secondary N) is 2. The van der Waals surface area contributed by atoms with Gasteiger partial charge in [0.25, 0.3) is 5.91 Å². The largest absolute Gasteiger partial charge is 0.452 e. The average Bonchev–Trinajstić information content (AvgIpc) is 2.69. The van der Waals surface area contributed by atoms with E-state index in [0.29, 0.717) is 0 Å². The molecule has 0 aliphatic heterocycles. The summed E-state index contributed by atoms with van der Waals surface area (Å²) < 4.78 is 81.4. The van der Waals surface area contributed by atoms with Crippen LogP contribution in [0.4, 0.5) is 31.1 Å². The van der Waals surface area contributed by atoms with Gasteiger partial charge in [0.1, 0.15) is 0 Å². The average molecular weight is 448 g/mol. The van der Waals surface area contributed by atoms with E-state index in [9.17, 15) is 40.7 Å². The van der Waals surface area contributed by atoms with Crippen LogP contribution in [-0.4, -0.2) is 24.5 Å². The van der Waals surface area contributed by atoms with Crippen molar-refractivity contribution in [3.63, 3.8) is 0 Å². The summed E-state index contributed by atoms with van der Waals surface area (Å²) in [4.78, 5) is 35.1. The Hall–Kier alpha value is -3.57. The third kappa shape index (κ3) is 7.32. The highest BCUT2D eigenvalue weighted by Gasteiger charge is 2.37. The number of esters is 1. The van der Waals surface area contributed by atoms with Crippen LogP contribution in [-0.2, 0) is 28.4 Å². The highest BCUT2D eigenvalue weighted by Crippen LogP contribution is 2.36. The third-order valence-corrected chi connectivity index (χ3v) is 3.71. The molecule has 2 aromatic rings. The van der Waals surface area contributed by atoms with Gasteiger partial charge in [0.05, 0.1) is 16.7 Å². The van der Waals surface area contributed by atoms with Crippen LogP contribution < -0.4 is 10.6 Å². The van der Waals surface area contributed by atoms with E-state index in [1.165, 1.54) is 0 Å². The Balaban J connectivity index is 1.96. The second-order valence-electron chi connectivity index (χ2n) is 6.09. The fraction of sp³-hybridized carbons (Fsp3) is 0.211. The van der Waals surface area contributed by atoms with Crippen LogP contribution in [0.25, 0.3) is 0 Å². The van der Waals surface area contributed by atoms with Crippen molar-refractivity contribution in [1.82, 2.24) is 10.6 Å². The minimum atomic E-state index is -5.15. The van der Waals surface area contributed by atoms with E-state index >= 15 is 0 Å². The van der Waals surface area contributed by atoms with E-state index in [0.717, 1.165) is 5.56 Å². The predicted molar refractivity (Wildman–Crippen MR) is 93.5 cm³/mol. The van der Waals surface area contributed by atoms with Gasteiger partial charge in [-0.15, -0.1) is 0 Å². The molecule has 0 aromatic heterocycles. The maximum Gasteiger partial charge on any atom is 0.416 e. The molecule has 2 rings (SSSR count). The summed E-state index contributed by atoms with van der Waals surface area (Å²) in [5.74, 6) is -2.74. The zero-order chi connectivity index (χ0) is 23.2. The number of carbonyl (C=O) groups is 3. The first-order valence-electron chi connectivity index (χ1n) is 8.44. The molecule has 166 valence electrons. The molecule has 0 saturated carbocycles. The van der Waals surface area contributed by atoms with Crippen LogP contribution in [0.1, 0.15) is 27.0 Å². The minimum Gasteiger partial charge on any atom is -0.452 e. The number of ether oxygens (including phenoxy) is 1. The Morgan fingerprint density at radius 3 is 1.90 bits per heavy atom. The number of alkyl halides is 6. The summed E-state index contributed by atoms with van der Waals surface area (Å²) >= 11 is 0. The molecule has 0 fully saturated rings. The first-order valence-corrected chi connectivity index (χ1v) is 8.44. The number of benzene rings is 2. The maximum absolute atomic E-state index is 12.8. The fourth-order valence-electron chi connectivity index (χ4n) is 2.27. The number of rotatable bonds is 5. The van der Waals surface area contributed by atoms with Crippen molar-refractivity contribution in [2.24, 2.45) is 0 Å². The van der Waals surface area contributed by atoms with E-state index in [2.05, 4.69) is 10.1 Å². The summed E-state index contributed by atoms with van der Waals surface area (Å²) in [6, 6.07) is 7.84. The summed E-state index contributed by atoms with van der Waals surface area (Å²) in [5, 5.41) is 4.14. The van der Waals surface area contributed by atoms with Crippen LogP contribution in [0.3, 0.4) is 0 Å². The highest BCUT2D eigenvalue weighted by molar-refractivity contribution is 5.97. The van der Waals surface area contributed by atoms with Gasteiger partial charge in [-0.1, -0.05) is 30.3 Å². The molecular weight excluding hydrogens is 434 g/mol. The fourth-order valence-corrected chi connectivity index (χ4v) is 2.27. The summed E-state index contributed by atoms with van der Waals surface area (Å²) in [6.07, 6.45) is -10.3. The summed E-state index contributed by atoms with van der Waals surface area (Å²) in [7, 11) is 0. The van der Waals surface area contributed by atoms with Gasteiger partial charge in [0.15, 0.2) is 6.61 Å². The van der Waals surface area contributed by atoms with Crippen molar-refractivity contribution in [1.29, 1.82) is 0 Å². The normalized spacial score (nSPS) is 11.5. The number of imide groups is 1. The lowest BCUT2D eigenvalue weighted by Crippen LogP contribution is -2.41. The Labute approximate surface area is 171 Å². The van der Waals surface area contributed by atoms with E-state index in [1.807, 2.05) is 0 Å².